The lowest BCUT2D eigenvalue weighted by Gasteiger charge is -2.29. The zero-order chi connectivity index (χ0) is 15.6. The smallest absolute Gasteiger partial charge is 0.334 e. The van der Waals surface area contributed by atoms with Crippen molar-refractivity contribution in [3.8, 4) is 0 Å². The largest absolute Gasteiger partial charge is 0.352 e. The zero-order valence-corrected chi connectivity index (χ0v) is 12.4. The van der Waals surface area contributed by atoms with Crippen molar-refractivity contribution in [2.45, 2.75) is 45.6 Å². The van der Waals surface area contributed by atoms with E-state index in [1.54, 1.807) is 6.92 Å². The average molecular weight is 295 g/mol. The third kappa shape index (κ3) is 3.06. The summed E-state index contributed by atoms with van der Waals surface area (Å²) in [5.74, 6) is -1.78. The molecule has 2 atom stereocenters. The Morgan fingerprint density at radius 2 is 1.76 bits per heavy atom. The van der Waals surface area contributed by atoms with E-state index in [-0.39, 0.29) is 25.0 Å². The SMILES string of the molecule is CCN1C(=O)C(=O)N(CC(=O)N[C@H]2CCCC[C@H]2C)C1=O. The van der Waals surface area contributed by atoms with Gasteiger partial charge in [0.15, 0.2) is 0 Å². The van der Waals surface area contributed by atoms with Crippen molar-refractivity contribution in [3.63, 3.8) is 0 Å². The maximum Gasteiger partial charge on any atom is 0.334 e. The van der Waals surface area contributed by atoms with Crippen LogP contribution in [0.4, 0.5) is 4.79 Å². The van der Waals surface area contributed by atoms with Crippen LogP contribution in [0.25, 0.3) is 0 Å². The van der Waals surface area contributed by atoms with Crippen molar-refractivity contribution < 1.29 is 19.2 Å². The van der Waals surface area contributed by atoms with E-state index >= 15 is 0 Å². The van der Waals surface area contributed by atoms with Gasteiger partial charge in [-0.05, 0) is 25.7 Å². The number of amides is 5. The number of nitrogens with one attached hydrogen (secondary N) is 1. The lowest BCUT2D eigenvalue weighted by atomic mass is 9.86. The zero-order valence-electron chi connectivity index (χ0n) is 12.4. The Labute approximate surface area is 123 Å². The van der Waals surface area contributed by atoms with Gasteiger partial charge in [0.05, 0.1) is 0 Å². The van der Waals surface area contributed by atoms with Crippen molar-refractivity contribution in [1.29, 1.82) is 0 Å². The molecule has 0 aromatic rings. The van der Waals surface area contributed by atoms with Crippen molar-refractivity contribution >= 4 is 23.8 Å². The number of urea groups is 1. The number of rotatable bonds is 4. The first-order valence-electron chi connectivity index (χ1n) is 7.42. The molecular formula is C14H21N3O4. The van der Waals surface area contributed by atoms with Gasteiger partial charge in [-0.2, -0.15) is 0 Å². The standard InChI is InChI=1S/C14H21N3O4/c1-3-16-12(19)13(20)17(14(16)21)8-11(18)15-10-7-5-4-6-9(10)2/h9-10H,3-8H2,1-2H3,(H,15,18)/t9-,10+/m1/s1. The van der Waals surface area contributed by atoms with Gasteiger partial charge >= 0.3 is 17.8 Å². The summed E-state index contributed by atoms with van der Waals surface area (Å²) in [6.07, 6.45) is 4.21. The first-order valence-corrected chi connectivity index (χ1v) is 7.42. The van der Waals surface area contributed by atoms with Crippen LogP contribution >= 0.6 is 0 Å². The molecule has 0 aromatic carbocycles. The molecule has 1 aliphatic heterocycles. The van der Waals surface area contributed by atoms with Crippen LogP contribution in [-0.2, 0) is 14.4 Å². The molecule has 1 saturated carbocycles. The molecule has 0 unspecified atom stereocenters. The van der Waals surface area contributed by atoms with E-state index in [1.807, 2.05) is 0 Å². The fraction of sp³-hybridized carbons (Fsp3) is 0.714. The van der Waals surface area contributed by atoms with E-state index in [0.29, 0.717) is 10.8 Å². The Morgan fingerprint density at radius 1 is 1.14 bits per heavy atom. The summed E-state index contributed by atoms with van der Waals surface area (Å²) in [6.45, 7) is 3.43. The fourth-order valence-electron chi connectivity index (χ4n) is 2.90. The molecule has 0 bridgehead atoms. The molecule has 7 nitrogen and oxygen atoms in total. The topological polar surface area (TPSA) is 86.8 Å². The Bertz CT molecular complexity index is 477. The molecule has 2 rings (SSSR count). The highest BCUT2D eigenvalue weighted by Gasteiger charge is 2.44. The van der Waals surface area contributed by atoms with E-state index in [2.05, 4.69) is 12.2 Å². The van der Waals surface area contributed by atoms with Crippen molar-refractivity contribution in [3.05, 3.63) is 0 Å². The normalized spacial score (nSPS) is 26.5. The molecule has 21 heavy (non-hydrogen) atoms. The molecule has 7 heteroatoms. The molecule has 1 N–H and O–H groups in total. The number of carbonyl (C=O) groups excluding carboxylic acids is 4. The van der Waals surface area contributed by atoms with Crippen molar-refractivity contribution in [2.24, 2.45) is 5.92 Å². The van der Waals surface area contributed by atoms with Crippen LogP contribution in [0.5, 0.6) is 0 Å². The van der Waals surface area contributed by atoms with Gasteiger partial charge in [0.25, 0.3) is 0 Å². The van der Waals surface area contributed by atoms with Gasteiger partial charge in [0, 0.05) is 12.6 Å². The fourth-order valence-corrected chi connectivity index (χ4v) is 2.90. The summed E-state index contributed by atoms with van der Waals surface area (Å²) in [6, 6.07) is -0.628. The summed E-state index contributed by atoms with van der Waals surface area (Å²) >= 11 is 0. The number of imide groups is 2. The van der Waals surface area contributed by atoms with Gasteiger partial charge < -0.3 is 5.32 Å². The summed E-state index contributed by atoms with van der Waals surface area (Å²) in [7, 11) is 0. The molecule has 1 heterocycles. The minimum atomic E-state index is -0.923. The molecule has 2 fully saturated rings. The third-order valence-electron chi connectivity index (χ3n) is 4.21. The number of carbonyl (C=O) groups is 4. The summed E-state index contributed by atoms with van der Waals surface area (Å²) in [4.78, 5) is 48.7. The summed E-state index contributed by atoms with van der Waals surface area (Å²) < 4.78 is 0. The Morgan fingerprint density at radius 3 is 2.33 bits per heavy atom. The molecule has 5 amide bonds. The highest BCUT2D eigenvalue weighted by Crippen LogP contribution is 2.23. The number of likely N-dealkylation sites (N-methyl/N-ethyl adjacent to an activating group) is 1. The van der Waals surface area contributed by atoms with Crippen LogP contribution in [0, 0.1) is 5.92 Å². The van der Waals surface area contributed by atoms with Gasteiger partial charge in [-0.3, -0.25) is 19.3 Å². The second-order valence-corrected chi connectivity index (χ2v) is 5.66. The molecule has 2 aliphatic rings. The van der Waals surface area contributed by atoms with Crippen LogP contribution in [0.15, 0.2) is 0 Å². The van der Waals surface area contributed by atoms with E-state index in [4.69, 9.17) is 0 Å². The predicted octanol–water partition coefficient (Wildman–Crippen LogP) is 0.492. The van der Waals surface area contributed by atoms with Crippen LogP contribution in [0.3, 0.4) is 0 Å². The van der Waals surface area contributed by atoms with E-state index in [1.165, 1.54) is 0 Å². The Balaban J connectivity index is 1.95. The monoisotopic (exact) mass is 295 g/mol. The Hall–Kier alpha value is -1.92. The molecule has 0 aromatic heterocycles. The number of hydrogen-bond acceptors (Lipinski definition) is 4. The number of nitrogens with zero attached hydrogens (tertiary/aromatic N) is 2. The van der Waals surface area contributed by atoms with Crippen LogP contribution in [-0.4, -0.2) is 52.7 Å². The molecular weight excluding hydrogens is 274 g/mol. The molecule has 0 spiro atoms. The lowest BCUT2D eigenvalue weighted by Crippen LogP contribution is -2.47. The minimum Gasteiger partial charge on any atom is -0.352 e. The number of hydrogen-bond donors (Lipinski definition) is 1. The summed E-state index contributed by atoms with van der Waals surface area (Å²) in [5.41, 5.74) is 0. The second kappa shape index (κ2) is 6.24. The third-order valence-corrected chi connectivity index (χ3v) is 4.21. The average Bonchev–Trinajstić information content (AvgIpc) is 2.65. The quantitative estimate of drug-likeness (QED) is 0.604. The van der Waals surface area contributed by atoms with Crippen LogP contribution < -0.4 is 5.32 Å². The van der Waals surface area contributed by atoms with E-state index in [9.17, 15) is 19.2 Å². The lowest BCUT2D eigenvalue weighted by molar-refractivity contribution is -0.144. The highest BCUT2D eigenvalue weighted by molar-refractivity contribution is 6.45. The minimum absolute atomic E-state index is 0.0806. The first-order chi connectivity index (χ1) is 9.95. The first kappa shape index (κ1) is 15.5. The van der Waals surface area contributed by atoms with Gasteiger partial charge in [-0.1, -0.05) is 19.8 Å². The van der Waals surface area contributed by atoms with Crippen molar-refractivity contribution in [1.82, 2.24) is 15.1 Å². The molecule has 116 valence electrons. The Kier molecular flexibility index (Phi) is 4.59. The van der Waals surface area contributed by atoms with Crippen LogP contribution in [0.1, 0.15) is 39.5 Å². The highest BCUT2D eigenvalue weighted by atomic mass is 16.2. The van der Waals surface area contributed by atoms with Gasteiger partial charge in [0.2, 0.25) is 5.91 Å². The summed E-state index contributed by atoms with van der Waals surface area (Å²) in [5, 5.41) is 2.87. The van der Waals surface area contributed by atoms with E-state index in [0.717, 1.165) is 30.6 Å². The molecule has 0 radical (unpaired) electrons. The van der Waals surface area contributed by atoms with Gasteiger partial charge in [0.1, 0.15) is 6.54 Å². The predicted molar refractivity (Wildman–Crippen MR) is 74.1 cm³/mol. The van der Waals surface area contributed by atoms with Gasteiger partial charge in [-0.15, -0.1) is 0 Å². The van der Waals surface area contributed by atoms with Gasteiger partial charge in [-0.25, -0.2) is 9.69 Å². The van der Waals surface area contributed by atoms with Crippen LogP contribution in [0.2, 0.25) is 0 Å². The van der Waals surface area contributed by atoms with Crippen molar-refractivity contribution in [2.75, 3.05) is 13.1 Å². The van der Waals surface area contributed by atoms with E-state index < -0.39 is 17.8 Å². The molecule has 1 aliphatic carbocycles. The maximum absolute atomic E-state index is 12.0. The molecule has 1 saturated heterocycles. The second-order valence-electron chi connectivity index (χ2n) is 5.66. The maximum atomic E-state index is 12.0.